The fourth-order valence-corrected chi connectivity index (χ4v) is 5.08. The number of nitrogens with one attached hydrogen (secondary N) is 1. The van der Waals surface area contributed by atoms with Crippen LogP contribution in [0.5, 0.6) is 0 Å². The van der Waals surface area contributed by atoms with Crippen LogP contribution in [0.2, 0.25) is 0 Å². The Morgan fingerprint density at radius 3 is 2.55 bits per heavy atom. The van der Waals surface area contributed by atoms with E-state index in [1.54, 1.807) is 6.08 Å². The van der Waals surface area contributed by atoms with Gasteiger partial charge in [-0.05, 0) is 79.8 Å². The van der Waals surface area contributed by atoms with Crippen molar-refractivity contribution < 1.29 is 4.79 Å². The highest BCUT2D eigenvalue weighted by molar-refractivity contribution is 8.26. The number of hydrazone groups is 1. The lowest BCUT2D eigenvalue weighted by atomic mass is 10.0. The summed E-state index contributed by atoms with van der Waals surface area (Å²) in [6.45, 7) is 10.6. The third-order valence-corrected chi connectivity index (χ3v) is 7.05. The quantitative estimate of drug-likeness (QED) is 0.382. The maximum atomic E-state index is 12.8. The molecule has 0 saturated carbocycles. The maximum Gasteiger partial charge on any atom is 0.283 e. The monoisotopic (exact) mass is 461 g/mol. The molecular formula is C26H31N5OS. The Bertz CT molecular complexity index is 1180. The number of aromatic nitrogens is 1. The molecule has 1 aromatic heterocycles. The van der Waals surface area contributed by atoms with Gasteiger partial charge in [0.15, 0.2) is 5.84 Å². The summed E-state index contributed by atoms with van der Waals surface area (Å²) in [4.78, 5) is 17.0. The second-order valence-corrected chi connectivity index (χ2v) is 9.92. The molecule has 0 spiro atoms. The summed E-state index contributed by atoms with van der Waals surface area (Å²) in [6.07, 6.45) is 5.97. The average Bonchev–Trinajstić information content (AvgIpc) is 3.31. The van der Waals surface area contributed by atoms with Crippen molar-refractivity contribution in [2.24, 2.45) is 10.1 Å². The molecule has 0 unspecified atom stereocenters. The molecular weight excluding hydrogens is 430 g/mol. The largest absolute Gasteiger partial charge is 0.318 e. The first-order valence-corrected chi connectivity index (χ1v) is 12.4. The van der Waals surface area contributed by atoms with E-state index in [1.807, 2.05) is 6.92 Å². The highest BCUT2D eigenvalue weighted by atomic mass is 32.2. The van der Waals surface area contributed by atoms with Gasteiger partial charge >= 0.3 is 0 Å². The van der Waals surface area contributed by atoms with Gasteiger partial charge in [-0.2, -0.15) is 15.1 Å². The summed E-state index contributed by atoms with van der Waals surface area (Å²) in [7, 11) is 0. The van der Waals surface area contributed by atoms with Crippen LogP contribution < -0.4 is 0 Å². The van der Waals surface area contributed by atoms with Gasteiger partial charge in [0.2, 0.25) is 5.17 Å². The highest BCUT2D eigenvalue weighted by Crippen LogP contribution is 2.31. The van der Waals surface area contributed by atoms with Crippen molar-refractivity contribution >= 4 is 39.8 Å². The summed E-state index contributed by atoms with van der Waals surface area (Å²) < 4.78 is 2.18. The Balaban J connectivity index is 1.63. The summed E-state index contributed by atoms with van der Waals surface area (Å²) >= 11 is 1.40. The zero-order valence-electron chi connectivity index (χ0n) is 20.0. The van der Waals surface area contributed by atoms with E-state index in [2.05, 4.69) is 72.7 Å². The van der Waals surface area contributed by atoms with Crippen LogP contribution in [0.1, 0.15) is 74.9 Å². The lowest BCUT2D eigenvalue weighted by Gasteiger charge is -2.20. The van der Waals surface area contributed by atoms with Gasteiger partial charge in [-0.25, -0.2) is 0 Å². The number of rotatable bonds is 7. The van der Waals surface area contributed by atoms with Crippen LogP contribution in [0.3, 0.4) is 0 Å². The third-order valence-electron chi connectivity index (χ3n) is 6.08. The van der Waals surface area contributed by atoms with E-state index < -0.39 is 0 Å². The number of unbranched alkanes of at least 4 members (excludes halogenated alkanes) is 2. The number of thioether (sulfide) groups is 1. The number of fused-ring (bicyclic) bond motifs is 1. The lowest BCUT2D eigenvalue weighted by Crippen LogP contribution is -2.35. The molecule has 2 aromatic rings. The summed E-state index contributed by atoms with van der Waals surface area (Å²) in [6, 6.07) is 10.6. The average molecular weight is 462 g/mol. The van der Waals surface area contributed by atoms with Crippen LogP contribution in [-0.4, -0.2) is 31.5 Å². The molecule has 172 valence electrons. The molecule has 0 bridgehead atoms. The molecule has 4 rings (SSSR count). The van der Waals surface area contributed by atoms with Crippen molar-refractivity contribution in [1.29, 1.82) is 5.41 Å². The third kappa shape index (κ3) is 4.60. The normalized spacial score (nSPS) is 17.2. The number of carbonyl (C=O) groups excluding carboxylic acids is 1. The minimum atomic E-state index is -0.380. The maximum absolute atomic E-state index is 12.8. The minimum Gasteiger partial charge on any atom is -0.318 e. The molecule has 7 heteroatoms. The second kappa shape index (κ2) is 9.51. The van der Waals surface area contributed by atoms with E-state index in [-0.39, 0.29) is 17.3 Å². The Kier molecular flexibility index (Phi) is 6.70. The molecule has 2 aliphatic heterocycles. The van der Waals surface area contributed by atoms with Crippen LogP contribution in [0, 0.1) is 19.3 Å². The number of hydrogen-bond donors (Lipinski definition) is 1. The van der Waals surface area contributed by atoms with Gasteiger partial charge < -0.3 is 4.57 Å². The van der Waals surface area contributed by atoms with Crippen molar-refractivity contribution in [3.63, 3.8) is 0 Å². The topological polar surface area (TPSA) is 73.8 Å². The summed E-state index contributed by atoms with van der Waals surface area (Å²) in [5.74, 6) is 0.197. The number of amides is 1. The van der Waals surface area contributed by atoms with Crippen molar-refractivity contribution in [2.75, 3.05) is 0 Å². The predicted octanol–water partition coefficient (Wildman–Crippen LogP) is 6.42. The molecule has 6 nitrogen and oxygen atoms in total. The zero-order chi connectivity index (χ0) is 23.7. The molecule has 2 aliphatic rings. The highest BCUT2D eigenvalue weighted by Gasteiger charge is 2.35. The first-order chi connectivity index (χ1) is 15.8. The predicted molar refractivity (Wildman–Crippen MR) is 138 cm³/mol. The summed E-state index contributed by atoms with van der Waals surface area (Å²) in [5, 5.41) is 16.1. The van der Waals surface area contributed by atoms with Crippen molar-refractivity contribution in [3.05, 3.63) is 58.4 Å². The molecule has 0 fully saturated rings. The number of aliphatic imine (C=N–C) groups is 1. The van der Waals surface area contributed by atoms with Gasteiger partial charge in [-0.1, -0.05) is 45.7 Å². The van der Waals surface area contributed by atoms with Gasteiger partial charge in [-0.3, -0.25) is 10.2 Å². The fourth-order valence-electron chi connectivity index (χ4n) is 4.15. The molecule has 0 aliphatic carbocycles. The Morgan fingerprint density at radius 1 is 1.15 bits per heavy atom. The van der Waals surface area contributed by atoms with E-state index in [4.69, 9.17) is 5.41 Å². The van der Waals surface area contributed by atoms with Crippen molar-refractivity contribution in [3.8, 4) is 5.69 Å². The molecule has 1 amide bonds. The smallest absolute Gasteiger partial charge is 0.283 e. The Morgan fingerprint density at radius 2 is 1.88 bits per heavy atom. The first kappa shape index (κ1) is 23.2. The summed E-state index contributed by atoms with van der Waals surface area (Å²) in [5.41, 5.74) is 5.66. The van der Waals surface area contributed by atoms with E-state index in [9.17, 15) is 4.79 Å². The van der Waals surface area contributed by atoms with Gasteiger partial charge in [0.1, 0.15) is 5.04 Å². The molecule has 1 N–H and O–H groups in total. The van der Waals surface area contributed by atoms with E-state index in [1.165, 1.54) is 22.3 Å². The number of amidine groups is 2. The molecule has 0 radical (unpaired) electrons. The number of hydrogen-bond acceptors (Lipinski definition) is 4. The van der Waals surface area contributed by atoms with Crippen LogP contribution in [0.15, 0.2) is 46.0 Å². The molecule has 3 heterocycles. The van der Waals surface area contributed by atoms with Crippen molar-refractivity contribution in [2.45, 2.75) is 66.2 Å². The van der Waals surface area contributed by atoms with E-state index in [0.717, 1.165) is 53.4 Å². The first-order valence-electron chi connectivity index (χ1n) is 11.6. The molecule has 0 saturated heterocycles. The van der Waals surface area contributed by atoms with Gasteiger partial charge in [0.05, 0.1) is 5.57 Å². The number of carbonyl (C=O) groups is 1. The van der Waals surface area contributed by atoms with Crippen LogP contribution in [-0.2, 0) is 4.79 Å². The van der Waals surface area contributed by atoms with Crippen LogP contribution in [0.25, 0.3) is 11.8 Å². The lowest BCUT2D eigenvalue weighted by molar-refractivity contribution is -0.114. The SMILES string of the molecule is CCCCCC1=NN2C(=N)/C(=C/c3cc(C)n(-c4ccc(C(C)C)cc4)c3C)C(=O)N=C2S1. The Hall–Kier alpha value is -2.93. The fraction of sp³-hybridized carbons (Fsp3) is 0.385. The van der Waals surface area contributed by atoms with Crippen LogP contribution in [0.4, 0.5) is 0 Å². The van der Waals surface area contributed by atoms with E-state index in [0.29, 0.717) is 11.1 Å². The Labute approximate surface area is 200 Å². The number of aryl methyl sites for hydroxylation is 1. The molecule has 0 atom stereocenters. The standard InChI is InChI=1S/C26H31N5OS/c1-6-7-8-9-23-29-31-24(27)22(25(32)28-26(31)33-23)15-20-14-17(4)30(18(20)5)21-12-10-19(11-13-21)16(2)3/h10-16,27H,6-9H2,1-5H3/b22-15-,27-24?. The molecule has 33 heavy (non-hydrogen) atoms. The van der Waals surface area contributed by atoms with Gasteiger partial charge in [0, 0.05) is 17.1 Å². The second-order valence-electron chi connectivity index (χ2n) is 8.88. The number of benzene rings is 1. The van der Waals surface area contributed by atoms with E-state index >= 15 is 0 Å². The minimum absolute atomic E-state index is 0.0917. The van der Waals surface area contributed by atoms with Crippen molar-refractivity contribution in [1.82, 2.24) is 9.58 Å². The van der Waals surface area contributed by atoms with Gasteiger partial charge in [-0.15, -0.1) is 0 Å². The van der Waals surface area contributed by atoms with Gasteiger partial charge in [0.25, 0.3) is 5.91 Å². The number of nitrogens with zero attached hydrogens (tertiary/aromatic N) is 4. The van der Waals surface area contributed by atoms with Crippen LogP contribution >= 0.6 is 11.8 Å². The molecule has 1 aromatic carbocycles. The zero-order valence-corrected chi connectivity index (χ0v) is 20.8.